The molecule has 0 radical (unpaired) electrons. The van der Waals surface area contributed by atoms with E-state index >= 15 is 0 Å². The lowest BCUT2D eigenvalue weighted by Crippen LogP contribution is -2.41. The van der Waals surface area contributed by atoms with Gasteiger partial charge >= 0.3 is 0 Å². The number of anilines is 1. The van der Waals surface area contributed by atoms with Crippen LogP contribution in [0.3, 0.4) is 0 Å². The molecule has 1 aliphatic rings. The summed E-state index contributed by atoms with van der Waals surface area (Å²) in [6, 6.07) is 16.2. The van der Waals surface area contributed by atoms with E-state index < -0.39 is 0 Å². The Hall–Kier alpha value is -3.15. The number of ether oxygens (including phenoxy) is 1. The van der Waals surface area contributed by atoms with Gasteiger partial charge in [-0.25, -0.2) is 4.68 Å². The van der Waals surface area contributed by atoms with Crippen LogP contribution in [0.25, 0.3) is 0 Å². The van der Waals surface area contributed by atoms with Gasteiger partial charge in [-0.3, -0.25) is 9.69 Å². The smallest absolute Gasteiger partial charge is 0.231 e. The third-order valence-electron chi connectivity index (χ3n) is 5.12. The van der Waals surface area contributed by atoms with Gasteiger partial charge in [-0.2, -0.15) is 10.1 Å². The first kappa shape index (κ1) is 17.3. The molecule has 0 saturated carbocycles. The lowest BCUT2D eigenvalue weighted by atomic mass is 9.91. The van der Waals surface area contributed by atoms with Crippen molar-refractivity contribution in [1.29, 1.82) is 0 Å². The maximum Gasteiger partial charge on any atom is 0.231 e. The van der Waals surface area contributed by atoms with Gasteiger partial charge in [0.1, 0.15) is 12.1 Å². The quantitative estimate of drug-likeness (QED) is 0.713. The number of fused-ring (bicyclic) bond motifs is 1. The van der Waals surface area contributed by atoms with Gasteiger partial charge in [-0.15, -0.1) is 0 Å². The molecule has 0 saturated heterocycles. The van der Waals surface area contributed by atoms with E-state index in [0.717, 1.165) is 23.3 Å². The molecule has 0 aliphatic carbocycles. The molecule has 0 N–H and O–H groups in total. The first-order valence-electron chi connectivity index (χ1n) is 8.98. The van der Waals surface area contributed by atoms with Gasteiger partial charge in [0.2, 0.25) is 11.9 Å². The van der Waals surface area contributed by atoms with Gasteiger partial charge in [0.25, 0.3) is 0 Å². The normalized spacial score (nSPS) is 18.9. The summed E-state index contributed by atoms with van der Waals surface area (Å²) in [5.74, 6) is 1.33. The summed E-state index contributed by atoms with van der Waals surface area (Å²) in [6.07, 6.45) is 2.24. The highest BCUT2D eigenvalue weighted by atomic mass is 16.5. The minimum atomic E-state index is -0.114. The topological polar surface area (TPSA) is 60.2 Å². The van der Waals surface area contributed by atoms with Crippen LogP contribution in [0.5, 0.6) is 5.75 Å². The zero-order valence-electron chi connectivity index (χ0n) is 15.7. The van der Waals surface area contributed by atoms with Crippen molar-refractivity contribution in [2.45, 2.75) is 32.4 Å². The molecular formula is C21H22N4O2. The van der Waals surface area contributed by atoms with Crippen LogP contribution in [-0.2, 0) is 4.79 Å². The predicted molar refractivity (Wildman–Crippen MR) is 103 cm³/mol. The van der Waals surface area contributed by atoms with Crippen LogP contribution in [0.1, 0.15) is 42.1 Å². The average Bonchev–Trinajstić information content (AvgIpc) is 3.17. The van der Waals surface area contributed by atoms with E-state index in [9.17, 15) is 4.79 Å². The fraction of sp³-hybridized carbons (Fsp3) is 0.286. The second-order valence-electron chi connectivity index (χ2n) is 6.84. The zero-order valence-corrected chi connectivity index (χ0v) is 15.7. The molecule has 3 aromatic rings. The van der Waals surface area contributed by atoms with Crippen LogP contribution in [0, 0.1) is 6.92 Å². The molecule has 0 spiro atoms. The molecule has 0 bridgehead atoms. The molecule has 6 heteroatoms. The third-order valence-corrected chi connectivity index (χ3v) is 5.12. The summed E-state index contributed by atoms with van der Waals surface area (Å²) < 4.78 is 7.12. The Labute approximate surface area is 158 Å². The van der Waals surface area contributed by atoms with E-state index in [0.29, 0.717) is 5.95 Å². The first-order chi connectivity index (χ1) is 13.1. The van der Waals surface area contributed by atoms with Crippen molar-refractivity contribution >= 4 is 11.9 Å². The van der Waals surface area contributed by atoms with E-state index in [-0.39, 0.29) is 18.0 Å². The van der Waals surface area contributed by atoms with Crippen molar-refractivity contribution in [2.24, 2.45) is 0 Å². The monoisotopic (exact) mass is 362 g/mol. The van der Waals surface area contributed by atoms with Crippen molar-refractivity contribution in [3.05, 3.63) is 71.5 Å². The Morgan fingerprint density at radius 3 is 2.30 bits per heavy atom. The maximum absolute atomic E-state index is 12.5. The van der Waals surface area contributed by atoms with E-state index in [2.05, 4.69) is 41.3 Å². The number of aromatic nitrogens is 3. The van der Waals surface area contributed by atoms with Gasteiger partial charge in [-0.1, -0.05) is 42.0 Å². The zero-order chi connectivity index (χ0) is 19.0. The Balaban J connectivity index is 1.80. The number of aryl methyl sites for hydroxylation is 1. The molecule has 138 valence electrons. The first-order valence-corrected chi connectivity index (χ1v) is 8.98. The molecule has 6 nitrogen and oxygen atoms in total. The van der Waals surface area contributed by atoms with Crippen LogP contribution in [0.4, 0.5) is 5.95 Å². The average molecular weight is 362 g/mol. The molecule has 4 rings (SSSR count). The Morgan fingerprint density at radius 2 is 1.67 bits per heavy atom. The maximum atomic E-state index is 12.5. The van der Waals surface area contributed by atoms with Gasteiger partial charge < -0.3 is 4.74 Å². The number of amides is 1. The highest BCUT2D eigenvalue weighted by Gasteiger charge is 2.38. The second kappa shape index (κ2) is 6.87. The summed E-state index contributed by atoms with van der Waals surface area (Å²) in [7, 11) is 1.65. The fourth-order valence-electron chi connectivity index (χ4n) is 3.73. The number of nitrogens with zero attached hydrogens (tertiary/aromatic N) is 4. The van der Waals surface area contributed by atoms with Gasteiger partial charge in [0, 0.05) is 6.92 Å². The second-order valence-corrected chi connectivity index (χ2v) is 6.84. The Morgan fingerprint density at radius 1 is 1.04 bits per heavy atom. The molecule has 1 aromatic heterocycles. The van der Waals surface area contributed by atoms with Crippen LogP contribution in [-0.4, -0.2) is 27.8 Å². The molecular weight excluding hydrogens is 340 g/mol. The molecule has 1 aliphatic heterocycles. The Kier molecular flexibility index (Phi) is 4.39. The minimum absolute atomic E-state index is 0.0193. The largest absolute Gasteiger partial charge is 0.497 e. The molecule has 2 heterocycles. The van der Waals surface area contributed by atoms with Crippen molar-refractivity contribution in [1.82, 2.24) is 14.8 Å². The highest BCUT2D eigenvalue weighted by Crippen LogP contribution is 2.42. The minimum Gasteiger partial charge on any atom is -0.497 e. The lowest BCUT2D eigenvalue weighted by Gasteiger charge is -2.38. The number of hydrogen-bond acceptors (Lipinski definition) is 4. The lowest BCUT2D eigenvalue weighted by molar-refractivity contribution is -0.117. The Bertz CT molecular complexity index is 947. The summed E-state index contributed by atoms with van der Waals surface area (Å²) in [5, 5.41) is 4.42. The third kappa shape index (κ3) is 3.07. The number of methoxy groups -OCH3 is 1. The summed E-state index contributed by atoms with van der Waals surface area (Å²) in [5.41, 5.74) is 3.43. The summed E-state index contributed by atoms with van der Waals surface area (Å²) in [4.78, 5) is 18.6. The predicted octanol–water partition coefficient (Wildman–Crippen LogP) is 3.68. The molecule has 2 atom stereocenters. The van der Waals surface area contributed by atoms with E-state index in [4.69, 9.17) is 4.74 Å². The van der Waals surface area contributed by atoms with Crippen molar-refractivity contribution in [2.75, 3.05) is 12.0 Å². The van der Waals surface area contributed by atoms with Crippen molar-refractivity contribution < 1.29 is 9.53 Å². The van der Waals surface area contributed by atoms with Gasteiger partial charge in [0.15, 0.2) is 0 Å². The summed E-state index contributed by atoms with van der Waals surface area (Å²) >= 11 is 0. The van der Waals surface area contributed by atoms with Crippen LogP contribution in [0.15, 0.2) is 54.9 Å². The van der Waals surface area contributed by atoms with Gasteiger partial charge in [-0.05, 0) is 36.6 Å². The molecule has 2 aromatic carbocycles. The number of carbonyl (C=O) groups excluding carboxylic acids is 1. The number of rotatable bonds is 3. The standard InChI is InChI=1S/C21H22N4O2/c1-14-4-6-17(7-5-14)20-12-19(16-8-10-18(27-3)11-9-16)24(15(2)26)21-22-13-23-25(20)21/h4-11,13,19-20H,12H2,1-3H3/t19-,20-/m1/s1. The highest BCUT2D eigenvalue weighted by molar-refractivity contribution is 5.90. The SMILES string of the molecule is COc1ccc([C@H]2C[C@H](c3ccc(C)cc3)n3ncnc3N2C(C)=O)cc1. The van der Waals surface area contributed by atoms with E-state index in [1.807, 2.05) is 28.9 Å². The van der Waals surface area contributed by atoms with Crippen LogP contribution < -0.4 is 9.64 Å². The van der Waals surface area contributed by atoms with E-state index in [1.54, 1.807) is 18.9 Å². The fourth-order valence-corrected chi connectivity index (χ4v) is 3.73. The molecule has 0 fully saturated rings. The van der Waals surface area contributed by atoms with E-state index in [1.165, 1.54) is 11.9 Å². The number of carbonyl (C=O) groups is 1. The van der Waals surface area contributed by atoms with Gasteiger partial charge in [0.05, 0.1) is 19.2 Å². The summed E-state index contributed by atoms with van der Waals surface area (Å²) in [6.45, 7) is 3.64. The van der Waals surface area contributed by atoms with Crippen molar-refractivity contribution in [3.63, 3.8) is 0 Å². The molecule has 1 amide bonds. The molecule has 0 unspecified atom stereocenters. The van der Waals surface area contributed by atoms with Crippen LogP contribution in [0.2, 0.25) is 0 Å². The number of benzene rings is 2. The molecule has 27 heavy (non-hydrogen) atoms. The van der Waals surface area contributed by atoms with Crippen LogP contribution >= 0.6 is 0 Å². The number of hydrogen-bond donors (Lipinski definition) is 0. The van der Waals surface area contributed by atoms with Crippen molar-refractivity contribution in [3.8, 4) is 5.75 Å².